The van der Waals surface area contributed by atoms with Crippen LogP contribution in [0.2, 0.25) is 0 Å². The van der Waals surface area contributed by atoms with Crippen LogP contribution < -0.4 is 9.47 Å². The van der Waals surface area contributed by atoms with Gasteiger partial charge in [-0.15, -0.1) is 0 Å². The predicted molar refractivity (Wildman–Crippen MR) is 234 cm³/mol. The van der Waals surface area contributed by atoms with E-state index in [0.29, 0.717) is 41.7 Å². The topological polar surface area (TPSA) is 93.1 Å². The van der Waals surface area contributed by atoms with Gasteiger partial charge in [0.1, 0.15) is 23.0 Å². The highest BCUT2D eigenvalue weighted by Crippen LogP contribution is 2.45. The van der Waals surface area contributed by atoms with Crippen LogP contribution in [0, 0.1) is 37.5 Å². The quantitative estimate of drug-likeness (QED) is 0.0968. The fourth-order valence-corrected chi connectivity index (χ4v) is 9.97. The van der Waals surface area contributed by atoms with Crippen molar-refractivity contribution >= 4 is 11.6 Å². The van der Waals surface area contributed by atoms with Gasteiger partial charge in [-0.1, -0.05) is 103 Å². The number of hydrogen-bond acceptors (Lipinski definition) is 6. The smallest absolute Gasteiger partial charge is 0.198 e. The number of carbonyl (C=O) groups is 2. The van der Waals surface area contributed by atoms with E-state index in [4.69, 9.17) is 9.47 Å². The molecule has 0 radical (unpaired) electrons. The molecule has 7 rings (SSSR count). The van der Waals surface area contributed by atoms with Gasteiger partial charge in [-0.3, -0.25) is 9.59 Å². The van der Waals surface area contributed by atoms with Gasteiger partial charge in [0, 0.05) is 22.3 Å². The highest BCUT2D eigenvalue weighted by atomic mass is 16.5. The zero-order valence-electron chi connectivity index (χ0n) is 35.3. The molecule has 2 saturated carbocycles. The zero-order chi connectivity index (χ0) is 40.8. The molecule has 0 spiro atoms. The minimum absolute atomic E-state index is 0.0328. The molecule has 0 saturated heterocycles. The molecule has 4 aromatic rings. The van der Waals surface area contributed by atoms with Crippen LogP contribution in [0.4, 0.5) is 0 Å². The lowest BCUT2D eigenvalue weighted by Crippen LogP contribution is -2.21. The number of carbonyl (C=O) groups excluding carboxylic acids is 2. The summed E-state index contributed by atoms with van der Waals surface area (Å²) in [5.41, 5.74) is 4.41. The number of rotatable bonds is 16. The van der Waals surface area contributed by atoms with E-state index in [-0.39, 0.29) is 33.8 Å². The van der Waals surface area contributed by atoms with Crippen molar-refractivity contribution in [2.75, 3.05) is 13.2 Å². The fraction of sp³-hybridized carbons (Fsp3) is 0.500. The average Bonchev–Trinajstić information content (AvgIpc) is 3.23. The maximum absolute atomic E-state index is 14.0. The van der Waals surface area contributed by atoms with Crippen molar-refractivity contribution in [1.29, 1.82) is 0 Å². The summed E-state index contributed by atoms with van der Waals surface area (Å²) in [5.74, 6) is 3.06. The molecule has 0 amide bonds. The molecule has 58 heavy (non-hydrogen) atoms. The fourth-order valence-electron chi connectivity index (χ4n) is 9.97. The molecule has 6 nitrogen and oxygen atoms in total. The maximum Gasteiger partial charge on any atom is 0.198 e. The van der Waals surface area contributed by atoms with E-state index in [9.17, 15) is 19.8 Å². The first-order valence-electron chi connectivity index (χ1n) is 22.5. The monoisotopic (exact) mass is 784 g/mol. The third-order valence-electron chi connectivity index (χ3n) is 13.5. The van der Waals surface area contributed by atoms with Crippen molar-refractivity contribution in [3.8, 4) is 45.3 Å². The van der Waals surface area contributed by atoms with Crippen LogP contribution in [0.15, 0.2) is 60.7 Å². The summed E-state index contributed by atoms with van der Waals surface area (Å²) >= 11 is 0. The van der Waals surface area contributed by atoms with Crippen molar-refractivity contribution in [1.82, 2.24) is 0 Å². The van der Waals surface area contributed by atoms with Gasteiger partial charge in [0.25, 0.3) is 0 Å². The molecule has 308 valence electrons. The summed E-state index contributed by atoms with van der Waals surface area (Å²) in [5, 5.41) is 23.2. The number of ether oxygens (including phenoxy) is 2. The Bertz CT molecular complexity index is 2040. The number of phenols is 2. The number of phenolic OH excluding ortho intramolecular Hbond substituents is 2. The van der Waals surface area contributed by atoms with Crippen LogP contribution >= 0.6 is 0 Å². The molecule has 3 aliphatic rings. The molecule has 0 bridgehead atoms. The summed E-state index contributed by atoms with van der Waals surface area (Å²) in [6.45, 7) is 9.96. The number of benzene rings is 4. The first-order chi connectivity index (χ1) is 28.2. The third-order valence-corrected chi connectivity index (χ3v) is 13.5. The minimum Gasteiger partial charge on any atom is -0.507 e. The van der Waals surface area contributed by atoms with Gasteiger partial charge in [0.15, 0.2) is 11.6 Å². The Hall–Kier alpha value is -4.58. The average molecular weight is 785 g/mol. The lowest BCUT2D eigenvalue weighted by Gasteiger charge is -2.29. The number of ketones is 2. The van der Waals surface area contributed by atoms with E-state index in [0.717, 1.165) is 40.0 Å². The van der Waals surface area contributed by atoms with E-state index in [2.05, 4.69) is 13.8 Å². The van der Waals surface area contributed by atoms with Crippen molar-refractivity contribution in [3.05, 3.63) is 94.0 Å². The summed E-state index contributed by atoms with van der Waals surface area (Å²) in [6.07, 6.45) is 20.7. The second kappa shape index (κ2) is 19.0. The van der Waals surface area contributed by atoms with Gasteiger partial charge in [-0.05, 0) is 134 Å². The van der Waals surface area contributed by atoms with Gasteiger partial charge in [0.2, 0.25) is 0 Å². The first-order valence-corrected chi connectivity index (χ1v) is 22.5. The van der Waals surface area contributed by atoms with E-state index in [1.165, 1.54) is 103 Å². The Balaban J connectivity index is 1.00. The molecule has 0 heterocycles. The largest absolute Gasteiger partial charge is 0.507 e. The molecule has 0 atom stereocenters. The minimum atomic E-state index is -0.489. The van der Waals surface area contributed by atoms with Crippen LogP contribution in [0.3, 0.4) is 0 Å². The van der Waals surface area contributed by atoms with Crippen molar-refractivity contribution < 1.29 is 29.3 Å². The predicted octanol–water partition coefficient (Wildman–Crippen LogP) is 13.4. The molecule has 2 fully saturated rings. The zero-order valence-corrected chi connectivity index (χ0v) is 35.3. The molecule has 0 unspecified atom stereocenters. The van der Waals surface area contributed by atoms with Crippen LogP contribution in [0.1, 0.15) is 160 Å². The molecule has 4 aromatic carbocycles. The Kier molecular flexibility index (Phi) is 13.6. The maximum atomic E-state index is 14.0. The molecule has 0 aromatic heterocycles. The molecule has 2 N–H and O–H groups in total. The van der Waals surface area contributed by atoms with Crippen molar-refractivity contribution in [2.24, 2.45) is 23.7 Å². The number of unbranched alkanes of at least 4 members (excludes halogenated alkanes) is 4. The summed E-state index contributed by atoms with van der Waals surface area (Å²) in [7, 11) is 0. The third kappa shape index (κ3) is 9.17. The first kappa shape index (κ1) is 41.6. The van der Waals surface area contributed by atoms with E-state index >= 15 is 0 Å². The Morgan fingerprint density at radius 1 is 0.517 bits per heavy atom. The Labute approximate surface area is 346 Å². The number of aromatic hydroxyl groups is 2. The number of aryl methyl sites for hydroxylation is 2. The van der Waals surface area contributed by atoms with Gasteiger partial charge in [-0.2, -0.15) is 0 Å². The van der Waals surface area contributed by atoms with Crippen LogP contribution in [0.25, 0.3) is 22.3 Å². The Morgan fingerprint density at radius 3 is 1.40 bits per heavy atom. The highest BCUT2D eigenvalue weighted by molar-refractivity contribution is 6.31. The summed E-state index contributed by atoms with van der Waals surface area (Å²) in [6, 6.07) is 18.1. The Morgan fingerprint density at radius 2 is 0.931 bits per heavy atom. The van der Waals surface area contributed by atoms with Gasteiger partial charge in [0.05, 0.1) is 24.3 Å². The normalized spacial score (nSPS) is 20.4. The standard InChI is InChI=1S/C52H64O6/c1-5-7-9-11-35-13-17-37(18-14-35)31-57-41-23-21-39(22-24-41)42-25-27-44-46(48(42)53)50(55)45-28-26-43(49(54)47(45)51(44)56)40-29-33(3)52(34(4)30-40)58-32-38-19-15-36(16-20-38)12-10-8-6-2/h21-30,35-38,53-54H,5-20,31-32H2,1-4H3. The molecule has 0 aliphatic heterocycles. The van der Waals surface area contributed by atoms with Gasteiger partial charge >= 0.3 is 0 Å². The number of fused-ring (bicyclic) bond motifs is 2. The van der Waals surface area contributed by atoms with Crippen LogP contribution in [-0.2, 0) is 0 Å². The summed E-state index contributed by atoms with van der Waals surface area (Å²) < 4.78 is 12.6. The van der Waals surface area contributed by atoms with Gasteiger partial charge in [-0.25, -0.2) is 0 Å². The molecular formula is C52H64O6. The molecule has 6 heteroatoms. The second-order valence-corrected chi connectivity index (χ2v) is 17.8. The van der Waals surface area contributed by atoms with Gasteiger partial charge < -0.3 is 19.7 Å². The van der Waals surface area contributed by atoms with E-state index in [1.807, 2.05) is 50.2 Å². The number of hydrogen-bond donors (Lipinski definition) is 2. The van der Waals surface area contributed by atoms with Crippen molar-refractivity contribution in [2.45, 2.75) is 130 Å². The highest BCUT2D eigenvalue weighted by Gasteiger charge is 2.36. The SMILES string of the molecule is CCCCCC1CCC(COc2ccc(-c3ccc4c(c3O)C(=O)c3ccc(-c5cc(C)c(OCC6CCC(CCCCC)CC6)c(C)c5)c(O)c3C4=O)cc2)CC1. The van der Waals surface area contributed by atoms with E-state index in [1.54, 1.807) is 24.3 Å². The van der Waals surface area contributed by atoms with Crippen molar-refractivity contribution in [3.63, 3.8) is 0 Å². The second-order valence-electron chi connectivity index (χ2n) is 17.8. The lowest BCUT2D eigenvalue weighted by atomic mass is 9.80. The van der Waals surface area contributed by atoms with E-state index < -0.39 is 11.6 Å². The molecule has 3 aliphatic carbocycles. The molecular weight excluding hydrogens is 721 g/mol. The van der Waals surface area contributed by atoms with Crippen LogP contribution in [-0.4, -0.2) is 35.0 Å². The lowest BCUT2D eigenvalue weighted by molar-refractivity contribution is 0.0974. The van der Waals surface area contributed by atoms with Crippen LogP contribution in [0.5, 0.6) is 23.0 Å². The summed E-state index contributed by atoms with van der Waals surface area (Å²) in [4.78, 5) is 28.0.